The van der Waals surface area contributed by atoms with Crippen LogP contribution in [0.5, 0.6) is 5.75 Å². The fourth-order valence-corrected chi connectivity index (χ4v) is 4.70. The van der Waals surface area contributed by atoms with E-state index in [0.29, 0.717) is 30.0 Å². The molecule has 194 valence electrons. The summed E-state index contributed by atoms with van der Waals surface area (Å²) in [6, 6.07) is 4.38. The lowest BCUT2D eigenvalue weighted by molar-refractivity contribution is -0.255. The molecule has 0 unspecified atom stereocenters. The van der Waals surface area contributed by atoms with Crippen LogP contribution in [-0.2, 0) is 12.7 Å². The van der Waals surface area contributed by atoms with Crippen LogP contribution >= 0.6 is 0 Å². The zero-order valence-electron chi connectivity index (χ0n) is 19.5. The Labute approximate surface area is 205 Å². The highest BCUT2D eigenvalue weighted by Crippen LogP contribution is 2.45. The molecule has 3 aliphatic rings. The lowest BCUT2D eigenvalue weighted by atomic mass is 9.94. The number of carboxylic acids is 1. The SMILES string of the molecule is O=C([O-])c1cc(C2CC2)c(OCC2(F)CCN(Cc3cc(C(F)(F)F)cc(C4CC4)n3)CC2)cc1F. The summed E-state index contributed by atoms with van der Waals surface area (Å²) < 4.78 is 75.4. The van der Waals surface area contributed by atoms with Gasteiger partial charge in [-0.3, -0.25) is 9.88 Å². The number of likely N-dealkylation sites (tertiary alicyclic amines) is 1. The van der Waals surface area contributed by atoms with Crippen LogP contribution in [0.4, 0.5) is 22.0 Å². The van der Waals surface area contributed by atoms with Crippen LogP contribution < -0.4 is 9.84 Å². The number of alkyl halides is 4. The maximum atomic E-state index is 15.5. The first kappa shape index (κ1) is 24.9. The van der Waals surface area contributed by atoms with Gasteiger partial charge in [0, 0.05) is 42.9 Å². The van der Waals surface area contributed by atoms with Crippen LogP contribution in [0.25, 0.3) is 0 Å². The minimum absolute atomic E-state index is 0.0524. The summed E-state index contributed by atoms with van der Waals surface area (Å²) in [5, 5.41) is 11.2. The Hall–Kier alpha value is -2.75. The molecule has 2 heterocycles. The van der Waals surface area contributed by atoms with Crippen LogP contribution in [0.1, 0.15) is 83.2 Å². The molecule has 2 aliphatic carbocycles. The minimum Gasteiger partial charge on any atom is -0.545 e. The summed E-state index contributed by atoms with van der Waals surface area (Å²) in [7, 11) is 0. The summed E-state index contributed by atoms with van der Waals surface area (Å²) in [4.78, 5) is 17.5. The molecule has 3 fully saturated rings. The molecule has 1 aromatic carbocycles. The maximum Gasteiger partial charge on any atom is 0.416 e. The van der Waals surface area contributed by atoms with Crippen molar-refractivity contribution < 1.29 is 36.6 Å². The number of benzene rings is 1. The monoisotopic (exact) mass is 509 g/mol. The van der Waals surface area contributed by atoms with Gasteiger partial charge in [0.05, 0.1) is 17.2 Å². The molecule has 5 rings (SSSR count). The third-order valence-corrected chi connectivity index (χ3v) is 7.18. The van der Waals surface area contributed by atoms with E-state index in [9.17, 15) is 27.5 Å². The first-order valence-electron chi connectivity index (χ1n) is 12.2. The number of carbonyl (C=O) groups is 1. The van der Waals surface area contributed by atoms with Crippen molar-refractivity contribution in [1.29, 1.82) is 0 Å². The summed E-state index contributed by atoms with van der Waals surface area (Å²) in [6.07, 6.45) is -0.951. The third-order valence-electron chi connectivity index (χ3n) is 7.18. The van der Waals surface area contributed by atoms with Crippen LogP contribution in [0.2, 0.25) is 0 Å². The molecule has 0 spiro atoms. The summed E-state index contributed by atoms with van der Waals surface area (Å²) in [5.74, 6) is -2.34. The minimum atomic E-state index is -4.45. The van der Waals surface area contributed by atoms with Crippen LogP contribution in [-0.4, -0.2) is 41.2 Å². The second kappa shape index (κ2) is 9.28. The normalized spacial score (nSPS) is 20.4. The number of hydrogen-bond donors (Lipinski definition) is 0. The smallest absolute Gasteiger partial charge is 0.416 e. The maximum absolute atomic E-state index is 15.5. The number of carbonyl (C=O) groups excluding carboxylic acids is 1. The number of piperidine rings is 1. The van der Waals surface area contributed by atoms with Gasteiger partial charge in [-0.1, -0.05) is 0 Å². The predicted molar refractivity (Wildman–Crippen MR) is 118 cm³/mol. The van der Waals surface area contributed by atoms with E-state index in [1.165, 1.54) is 6.07 Å². The largest absolute Gasteiger partial charge is 0.545 e. The van der Waals surface area contributed by atoms with Gasteiger partial charge in [0.25, 0.3) is 0 Å². The van der Waals surface area contributed by atoms with E-state index in [1.807, 2.05) is 4.90 Å². The highest BCUT2D eigenvalue weighted by molar-refractivity contribution is 5.86. The van der Waals surface area contributed by atoms with Crippen molar-refractivity contribution in [2.24, 2.45) is 0 Å². The van der Waals surface area contributed by atoms with Crippen LogP contribution in [0.15, 0.2) is 24.3 Å². The van der Waals surface area contributed by atoms with Gasteiger partial charge in [0.1, 0.15) is 23.8 Å². The Morgan fingerprint density at radius 2 is 1.75 bits per heavy atom. The van der Waals surface area contributed by atoms with Crippen molar-refractivity contribution in [2.75, 3.05) is 19.7 Å². The molecule has 10 heteroatoms. The van der Waals surface area contributed by atoms with Crippen molar-refractivity contribution in [3.05, 3.63) is 58.2 Å². The van der Waals surface area contributed by atoms with Crippen molar-refractivity contribution in [3.8, 4) is 5.75 Å². The lowest BCUT2D eigenvalue weighted by Crippen LogP contribution is -2.44. The Bertz CT molecular complexity index is 1150. The summed E-state index contributed by atoms with van der Waals surface area (Å²) in [6.45, 7) is 0.495. The van der Waals surface area contributed by atoms with Crippen LogP contribution in [0.3, 0.4) is 0 Å². The number of pyridine rings is 1. The van der Waals surface area contributed by atoms with Crippen molar-refractivity contribution in [3.63, 3.8) is 0 Å². The molecule has 5 nitrogen and oxygen atoms in total. The van der Waals surface area contributed by atoms with Crippen molar-refractivity contribution in [2.45, 2.75) is 68.8 Å². The van der Waals surface area contributed by atoms with Gasteiger partial charge in [-0.25, -0.2) is 8.78 Å². The zero-order valence-corrected chi connectivity index (χ0v) is 19.5. The summed E-state index contributed by atoms with van der Waals surface area (Å²) >= 11 is 0. The second-order valence-corrected chi connectivity index (χ2v) is 10.2. The van der Waals surface area contributed by atoms with Gasteiger partial charge >= 0.3 is 6.18 Å². The fourth-order valence-electron chi connectivity index (χ4n) is 4.70. The average molecular weight is 509 g/mol. The molecular formula is C26H26F5N2O3-. The van der Waals surface area contributed by atoms with Gasteiger partial charge in [0.15, 0.2) is 0 Å². The van der Waals surface area contributed by atoms with Crippen molar-refractivity contribution in [1.82, 2.24) is 9.88 Å². The quantitative estimate of drug-likeness (QED) is 0.481. The standard InChI is InChI=1S/C26H27F5N2O3/c27-21-12-23(19(15-1-2-15)11-20(21)24(34)35)36-14-25(28)5-7-33(8-6-25)13-18-9-17(26(29,30)31)10-22(32-18)16-3-4-16/h9-12,15-16H,1-8,13-14H2,(H,34,35)/p-1. The zero-order chi connectivity index (χ0) is 25.7. The number of hydrogen-bond acceptors (Lipinski definition) is 5. The van der Waals surface area contributed by atoms with E-state index in [0.717, 1.165) is 43.9 Å². The highest BCUT2D eigenvalue weighted by atomic mass is 19.4. The highest BCUT2D eigenvalue weighted by Gasteiger charge is 2.38. The Balaban J connectivity index is 1.22. The molecule has 2 aromatic rings. The number of carboxylic acid groups (broad SMARTS) is 1. The molecule has 0 atom stereocenters. The Kier molecular flexibility index (Phi) is 6.43. The third kappa shape index (κ3) is 5.63. The average Bonchev–Trinajstić information content (AvgIpc) is 3.72. The lowest BCUT2D eigenvalue weighted by Gasteiger charge is -2.36. The van der Waals surface area contributed by atoms with Gasteiger partial charge in [-0.15, -0.1) is 0 Å². The number of ether oxygens (including phenoxy) is 1. The molecule has 36 heavy (non-hydrogen) atoms. The predicted octanol–water partition coefficient (Wildman–Crippen LogP) is 4.74. The molecule has 0 bridgehead atoms. The molecule has 1 saturated heterocycles. The molecule has 0 amide bonds. The first-order chi connectivity index (χ1) is 17.0. The van der Waals surface area contributed by atoms with E-state index >= 15 is 4.39 Å². The van der Waals surface area contributed by atoms with Gasteiger partial charge in [-0.05, 0) is 68.2 Å². The number of aromatic carboxylic acids is 1. The number of aromatic nitrogens is 1. The Morgan fingerprint density at radius 3 is 2.33 bits per heavy atom. The van der Waals surface area contributed by atoms with E-state index in [2.05, 4.69) is 4.98 Å². The van der Waals surface area contributed by atoms with E-state index in [1.54, 1.807) is 0 Å². The van der Waals surface area contributed by atoms with Gasteiger partial charge in [-0.2, -0.15) is 13.2 Å². The van der Waals surface area contributed by atoms with Gasteiger partial charge in [0.2, 0.25) is 0 Å². The first-order valence-corrected chi connectivity index (χ1v) is 12.2. The summed E-state index contributed by atoms with van der Waals surface area (Å²) in [5.41, 5.74) is -1.61. The van der Waals surface area contributed by atoms with E-state index in [4.69, 9.17) is 4.74 Å². The molecule has 0 N–H and O–H groups in total. The molecular weight excluding hydrogens is 483 g/mol. The fraction of sp³-hybridized carbons (Fsp3) is 0.538. The molecule has 1 aromatic heterocycles. The number of nitrogens with zero attached hydrogens (tertiary/aromatic N) is 2. The Morgan fingerprint density at radius 1 is 1.08 bits per heavy atom. The molecule has 1 aliphatic heterocycles. The number of rotatable bonds is 8. The molecule has 2 saturated carbocycles. The topological polar surface area (TPSA) is 65.5 Å². The van der Waals surface area contributed by atoms with Gasteiger partial charge < -0.3 is 14.6 Å². The molecule has 0 radical (unpaired) electrons. The number of halogens is 5. The van der Waals surface area contributed by atoms with E-state index < -0.39 is 34.8 Å². The van der Waals surface area contributed by atoms with Crippen molar-refractivity contribution >= 4 is 5.97 Å². The van der Waals surface area contributed by atoms with Crippen LogP contribution in [0, 0.1) is 5.82 Å². The van der Waals surface area contributed by atoms with E-state index in [-0.39, 0.29) is 43.6 Å². The second-order valence-electron chi connectivity index (χ2n) is 10.2.